The first-order valence-electron chi connectivity index (χ1n) is 6.38. The number of hydrogen-bond donors (Lipinski definition) is 0. The second-order valence-electron chi connectivity index (χ2n) is 4.55. The van der Waals surface area contributed by atoms with Crippen molar-refractivity contribution in [2.75, 3.05) is 0 Å². The van der Waals surface area contributed by atoms with Gasteiger partial charge in [0.1, 0.15) is 0 Å². The van der Waals surface area contributed by atoms with Gasteiger partial charge in [0.05, 0.1) is 0 Å². The standard InChI is InChI=1S/C17H18O/c1-3-15(14-10-5-4-6-11-14)17(18)16-12-8-7-9-13(16)2/h4-12,15H,3H2,1-2H3. The van der Waals surface area contributed by atoms with Gasteiger partial charge in [0, 0.05) is 11.5 Å². The number of Topliss-reactive ketones (excluding diaryl/α,β-unsaturated/α-hetero) is 1. The van der Waals surface area contributed by atoms with Crippen molar-refractivity contribution in [1.29, 1.82) is 0 Å². The first-order chi connectivity index (χ1) is 8.74. The van der Waals surface area contributed by atoms with Crippen LogP contribution in [0.4, 0.5) is 0 Å². The highest BCUT2D eigenvalue weighted by molar-refractivity contribution is 6.02. The van der Waals surface area contributed by atoms with E-state index in [9.17, 15) is 4.79 Å². The maximum Gasteiger partial charge on any atom is 0.170 e. The number of ketones is 1. The zero-order chi connectivity index (χ0) is 13.0. The number of hydrogen-bond acceptors (Lipinski definition) is 1. The number of aryl methyl sites for hydroxylation is 1. The zero-order valence-corrected chi connectivity index (χ0v) is 10.9. The van der Waals surface area contributed by atoms with Crippen LogP contribution in [0.2, 0.25) is 0 Å². The number of rotatable bonds is 4. The lowest BCUT2D eigenvalue weighted by molar-refractivity contribution is 0.0956. The largest absolute Gasteiger partial charge is 0.293 e. The van der Waals surface area contributed by atoms with Gasteiger partial charge in [-0.15, -0.1) is 0 Å². The molecule has 0 aromatic heterocycles. The maximum absolute atomic E-state index is 12.6. The molecule has 2 aromatic rings. The molecule has 0 spiro atoms. The molecule has 0 heterocycles. The molecule has 0 aliphatic rings. The quantitative estimate of drug-likeness (QED) is 0.723. The Morgan fingerprint density at radius 1 is 1.00 bits per heavy atom. The van der Waals surface area contributed by atoms with Gasteiger partial charge in [0.25, 0.3) is 0 Å². The van der Waals surface area contributed by atoms with Crippen molar-refractivity contribution in [3.05, 3.63) is 71.3 Å². The van der Waals surface area contributed by atoms with E-state index in [1.165, 1.54) is 0 Å². The van der Waals surface area contributed by atoms with E-state index < -0.39 is 0 Å². The molecule has 0 saturated heterocycles. The van der Waals surface area contributed by atoms with Gasteiger partial charge < -0.3 is 0 Å². The van der Waals surface area contributed by atoms with E-state index >= 15 is 0 Å². The molecular formula is C17H18O. The summed E-state index contributed by atoms with van der Waals surface area (Å²) in [6.07, 6.45) is 0.831. The Balaban J connectivity index is 2.35. The van der Waals surface area contributed by atoms with Crippen LogP contribution in [0, 0.1) is 6.92 Å². The van der Waals surface area contributed by atoms with Crippen LogP contribution >= 0.6 is 0 Å². The smallest absolute Gasteiger partial charge is 0.170 e. The van der Waals surface area contributed by atoms with Crippen LogP contribution in [-0.2, 0) is 0 Å². The highest BCUT2D eigenvalue weighted by Gasteiger charge is 2.20. The number of carbonyl (C=O) groups is 1. The average Bonchev–Trinajstić information content (AvgIpc) is 2.41. The summed E-state index contributed by atoms with van der Waals surface area (Å²) < 4.78 is 0. The Morgan fingerprint density at radius 3 is 2.22 bits per heavy atom. The van der Waals surface area contributed by atoms with Crippen LogP contribution in [0.5, 0.6) is 0 Å². The highest BCUT2D eigenvalue weighted by Crippen LogP contribution is 2.25. The van der Waals surface area contributed by atoms with Crippen LogP contribution in [0.1, 0.15) is 40.7 Å². The van der Waals surface area contributed by atoms with Gasteiger partial charge in [-0.2, -0.15) is 0 Å². The third kappa shape index (κ3) is 2.51. The van der Waals surface area contributed by atoms with Crippen LogP contribution in [0.3, 0.4) is 0 Å². The fraction of sp³-hybridized carbons (Fsp3) is 0.235. The second kappa shape index (κ2) is 5.63. The predicted molar refractivity (Wildman–Crippen MR) is 75.0 cm³/mol. The van der Waals surface area contributed by atoms with Crippen molar-refractivity contribution in [3.63, 3.8) is 0 Å². The first-order valence-corrected chi connectivity index (χ1v) is 6.38. The predicted octanol–water partition coefficient (Wildman–Crippen LogP) is 4.37. The molecule has 0 amide bonds. The average molecular weight is 238 g/mol. The Kier molecular flexibility index (Phi) is 3.93. The van der Waals surface area contributed by atoms with Gasteiger partial charge in [-0.25, -0.2) is 0 Å². The van der Waals surface area contributed by atoms with Gasteiger partial charge in [-0.05, 0) is 24.5 Å². The van der Waals surface area contributed by atoms with Gasteiger partial charge in [0.2, 0.25) is 0 Å². The third-order valence-corrected chi connectivity index (χ3v) is 3.34. The van der Waals surface area contributed by atoms with Crippen LogP contribution in [-0.4, -0.2) is 5.78 Å². The molecule has 1 nitrogen and oxygen atoms in total. The molecule has 18 heavy (non-hydrogen) atoms. The van der Waals surface area contributed by atoms with E-state index in [-0.39, 0.29) is 11.7 Å². The number of carbonyl (C=O) groups excluding carboxylic acids is 1. The van der Waals surface area contributed by atoms with Crippen molar-refractivity contribution >= 4 is 5.78 Å². The maximum atomic E-state index is 12.6. The molecule has 0 radical (unpaired) electrons. The van der Waals surface area contributed by atoms with E-state index in [0.29, 0.717) is 0 Å². The van der Waals surface area contributed by atoms with Crippen LogP contribution in [0.25, 0.3) is 0 Å². The van der Waals surface area contributed by atoms with Crippen molar-refractivity contribution in [3.8, 4) is 0 Å². The molecule has 0 aliphatic heterocycles. The summed E-state index contributed by atoms with van der Waals surface area (Å²) in [7, 11) is 0. The molecule has 1 unspecified atom stereocenters. The lowest BCUT2D eigenvalue weighted by Gasteiger charge is -2.15. The first kappa shape index (κ1) is 12.6. The summed E-state index contributed by atoms with van der Waals surface area (Å²) in [6, 6.07) is 17.8. The zero-order valence-electron chi connectivity index (χ0n) is 10.9. The molecule has 2 aromatic carbocycles. The van der Waals surface area contributed by atoms with Gasteiger partial charge in [0.15, 0.2) is 5.78 Å². The molecule has 0 aliphatic carbocycles. The van der Waals surface area contributed by atoms with E-state index in [1.54, 1.807) is 0 Å². The summed E-state index contributed by atoms with van der Waals surface area (Å²) in [5.74, 6) is 0.189. The minimum atomic E-state index is -0.0349. The van der Waals surface area contributed by atoms with E-state index in [2.05, 4.69) is 6.92 Å². The molecule has 1 atom stereocenters. The van der Waals surface area contributed by atoms with E-state index in [0.717, 1.165) is 23.1 Å². The minimum absolute atomic E-state index is 0.0349. The lowest BCUT2D eigenvalue weighted by atomic mass is 9.87. The topological polar surface area (TPSA) is 17.1 Å². The normalized spacial score (nSPS) is 12.1. The molecule has 1 heteroatoms. The highest BCUT2D eigenvalue weighted by atomic mass is 16.1. The Hall–Kier alpha value is -1.89. The molecule has 0 saturated carbocycles. The molecular weight excluding hydrogens is 220 g/mol. The second-order valence-corrected chi connectivity index (χ2v) is 4.55. The summed E-state index contributed by atoms with van der Waals surface area (Å²) in [6.45, 7) is 4.05. The fourth-order valence-corrected chi connectivity index (χ4v) is 2.29. The Bertz CT molecular complexity index is 528. The molecule has 0 bridgehead atoms. The van der Waals surface area contributed by atoms with Crippen molar-refractivity contribution in [1.82, 2.24) is 0 Å². The summed E-state index contributed by atoms with van der Waals surface area (Å²) >= 11 is 0. The molecule has 0 fully saturated rings. The monoisotopic (exact) mass is 238 g/mol. The van der Waals surface area contributed by atoms with Crippen LogP contribution in [0.15, 0.2) is 54.6 Å². The SMILES string of the molecule is CCC(C(=O)c1ccccc1C)c1ccccc1. The van der Waals surface area contributed by atoms with Crippen molar-refractivity contribution < 1.29 is 4.79 Å². The van der Waals surface area contributed by atoms with E-state index in [4.69, 9.17) is 0 Å². The number of benzene rings is 2. The van der Waals surface area contributed by atoms with E-state index in [1.807, 2.05) is 61.5 Å². The van der Waals surface area contributed by atoms with Crippen LogP contribution < -0.4 is 0 Å². The van der Waals surface area contributed by atoms with Crippen molar-refractivity contribution in [2.24, 2.45) is 0 Å². The molecule has 0 N–H and O–H groups in total. The third-order valence-electron chi connectivity index (χ3n) is 3.34. The fourth-order valence-electron chi connectivity index (χ4n) is 2.29. The van der Waals surface area contributed by atoms with Gasteiger partial charge in [-0.1, -0.05) is 61.5 Å². The summed E-state index contributed by atoms with van der Waals surface area (Å²) in [4.78, 5) is 12.6. The van der Waals surface area contributed by atoms with Gasteiger partial charge in [-0.3, -0.25) is 4.79 Å². The Morgan fingerprint density at radius 2 is 1.61 bits per heavy atom. The molecule has 92 valence electrons. The van der Waals surface area contributed by atoms with Gasteiger partial charge >= 0.3 is 0 Å². The molecule has 2 rings (SSSR count). The summed E-state index contributed by atoms with van der Waals surface area (Å²) in [5.41, 5.74) is 3.00. The van der Waals surface area contributed by atoms with Crippen molar-refractivity contribution in [2.45, 2.75) is 26.2 Å². The minimum Gasteiger partial charge on any atom is -0.293 e. The Labute approximate surface area is 108 Å². The summed E-state index contributed by atoms with van der Waals surface area (Å²) in [5, 5.41) is 0. The lowest BCUT2D eigenvalue weighted by Crippen LogP contribution is -2.13.